The summed E-state index contributed by atoms with van der Waals surface area (Å²) in [5.41, 5.74) is 3.21. The van der Waals surface area contributed by atoms with Crippen molar-refractivity contribution in [2.45, 2.75) is 57.1 Å². The van der Waals surface area contributed by atoms with Crippen molar-refractivity contribution in [2.75, 3.05) is 38.0 Å². The number of aromatic amines is 1. The third-order valence-corrected chi connectivity index (χ3v) is 9.72. The molecule has 0 saturated heterocycles. The molecule has 0 fully saturated rings. The second-order valence-corrected chi connectivity index (χ2v) is 14.0. The zero-order chi connectivity index (χ0) is 33.1. The molecule has 8 nitrogen and oxygen atoms in total. The van der Waals surface area contributed by atoms with E-state index in [-0.39, 0.29) is 30.2 Å². The number of hydrogen-bond acceptors (Lipinski definition) is 7. The molecule has 3 aromatic carbocycles. The van der Waals surface area contributed by atoms with E-state index in [1.165, 1.54) is 18.9 Å². The van der Waals surface area contributed by atoms with Gasteiger partial charge in [0.25, 0.3) is 0 Å². The second kappa shape index (κ2) is 17.4. The van der Waals surface area contributed by atoms with Gasteiger partial charge in [0.1, 0.15) is 6.04 Å². The molecule has 1 heterocycles. The van der Waals surface area contributed by atoms with Gasteiger partial charge in [-0.05, 0) is 60.1 Å². The summed E-state index contributed by atoms with van der Waals surface area (Å²) in [6.07, 6.45) is 3.21. The van der Waals surface area contributed by atoms with Crippen LogP contribution in [0.2, 0.25) is 0 Å². The number of rotatable bonds is 17. The first-order valence-corrected chi connectivity index (χ1v) is 18.1. The molecule has 0 aliphatic rings. The Morgan fingerprint density at radius 3 is 2.39 bits per heavy atom. The van der Waals surface area contributed by atoms with Crippen LogP contribution in [-0.2, 0) is 25.7 Å². The molecule has 10 heteroatoms. The van der Waals surface area contributed by atoms with Crippen molar-refractivity contribution in [2.24, 2.45) is 5.92 Å². The average Bonchev–Trinajstić information content (AvgIpc) is 3.35. The van der Waals surface area contributed by atoms with Gasteiger partial charge in [-0.15, -0.1) is 11.8 Å². The second-order valence-electron chi connectivity index (χ2n) is 12.0. The summed E-state index contributed by atoms with van der Waals surface area (Å²) < 4.78 is 4.96. The van der Waals surface area contributed by atoms with Gasteiger partial charge >= 0.3 is 5.97 Å². The number of carbonyl (C=O) groups excluding carboxylic acids is 3. The number of fused-ring (bicyclic) bond motifs is 2. The first kappa shape index (κ1) is 35.4. The number of thioether (sulfide) groups is 2. The highest BCUT2D eigenvalue weighted by atomic mass is 32.2. The molecule has 0 unspecified atom stereocenters. The normalized spacial score (nSPS) is 12.8. The number of nitrogens with zero attached hydrogens (tertiary/aromatic N) is 1. The van der Waals surface area contributed by atoms with E-state index in [1.807, 2.05) is 49.6 Å². The van der Waals surface area contributed by atoms with Crippen molar-refractivity contribution in [3.8, 4) is 0 Å². The van der Waals surface area contributed by atoms with E-state index < -0.39 is 12.0 Å². The van der Waals surface area contributed by atoms with Gasteiger partial charge in [-0.1, -0.05) is 74.5 Å². The summed E-state index contributed by atoms with van der Waals surface area (Å²) in [4.78, 5) is 45.8. The topological polar surface area (TPSA) is 104 Å². The number of ether oxygens (including phenoxy) is 1. The summed E-state index contributed by atoms with van der Waals surface area (Å²) in [6.45, 7) is 7.37. The molecule has 0 radical (unpaired) electrons. The third kappa shape index (κ3) is 10.0. The Hall–Kier alpha value is -3.47. The highest BCUT2D eigenvalue weighted by molar-refractivity contribution is 8.00. The first-order valence-electron chi connectivity index (χ1n) is 15.7. The molecule has 2 atom stereocenters. The summed E-state index contributed by atoms with van der Waals surface area (Å²) in [7, 11) is 1.34. The molecule has 246 valence electrons. The number of para-hydroxylation sites is 1. The average molecular weight is 663 g/mol. The van der Waals surface area contributed by atoms with Crippen LogP contribution in [-0.4, -0.2) is 77.7 Å². The molecule has 1 aromatic heterocycles. The number of esters is 1. The van der Waals surface area contributed by atoms with Gasteiger partial charge < -0.3 is 20.4 Å². The lowest BCUT2D eigenvalue weighted by Crippen LogP contribution is -2.50. The largest absolute Gasteiger partial charge is 0.467 e. The Bertz CT molecular complexity index is 1620. The van der Waals surface area contributed by atoms with Crippen LogP contribution < -0.4 is 10.6 Å². The molecule has 0 bridgehead atoms. The van der Waals surface area contributed by atoms with E-state index in [0.29, 0.717) is 25.4 Å². The number of methoxy groups -OCH3 is 1. The van der Waals surface area contributed by atoms with Gasteiger partial charge in [-0.2, -0.15) is 11.8 Å². The quantitative estimate of drug-likeness (QED) is 0.0919. The Morgan fingerprint density at radius 2 is 1.65 bits per heavy atom. The zero-order valence-corrected chi connectivity index (χ0v) is 29.1. The number of H-pyrrole nitrogens is 1. The summed E-state index contributed by atoms with van der Waals surface area (Å²) in [5.74, 6) is 0.595. The number of aromatic nitrogens is 1. The Kier molecular flexibility index (Phi) is 13.4. The van der Waals surface area contributed by atoms with Gasteiger partial charge in [0, 0.05) is 40.6 Å². The van der Waals surface area contributed by atoms with Crippen LogP contribution in [0.4, 0.5) is 0 Å². The van der Waals surface area contributed by atoms with Gasteiger partial charge in [0.2, 0.25) is 11.8 Å². The maximum absolute atomic E-state index is 13.4. The summed E-state index contributed by atoms with van der Waals surface area (Å²) in [6, 6.07) is 21.6. The van der Waals surface area contributed by atoms with E-state index in [2.05, 4.69) is 64.7 Å². The Morgan fingerprint density at radius 1 is 0.935 bits per heavy atom. The van der Waals surface area contributed by atoms with E-state index >= 15 is 0 Å². The zero-order valence-electron chi connectivity index (χ0n) is 27.4. The molecule has 2 amide bonds. The minimum Gasteiger partial charge on any atom is -0.467 e. The lowest BCUT2D eigenvalue weighted by molar-refractivity contribution is -0.145. The SMILES string of the molecule is COC(=O)[C@H](CCSC)NC(=O)CN(Cc1cccc2ccccc12)C[C@H](CC(C)C)NC(=O)CSc1c(C)[nH]c2ccccc12. The van der Waals surface area contributed by atoms with Gasteiger partial charge in [0.05, 0.1) is 19.4 Å². The fraction of sp³-hybridized carbons (Fsp3) is 0.417. The van der Waals surface area contributed by atoms with E-state index in [9.17, 15) is 14.4 Å². The van der Waals surface area contributed by atoms with E-state index in [4.69, 9.17) is 4.74 Å². The smallest absolute Gasteiger partial charge is 0.328 e. The maximum Gasteiger partial charge on any atom is 0.328 e. The number of nitrogens with one attached hydrogen (secondary N) is 3. The fourth-order valence-electron chi connectivity index (χ4n) is 5.83. The van der Waals surface area contributed by atoms with Crippen LogP contribution in [0.3, 0.4) is 0 Å². The Balaban J connectivity index is 1.51. The molecule has 0 aliphatic heterocycles. The van der Waals surface area contributed by atoms with Crippen LogP contribution >= 0.6 is 23.5 Å². The van der Waals surface area contributed by atoms with Crippen molar-refractivity contribution < 1.29 is 19.1 Å². The minimum absolute atomic E-state index is 0.0438. The highest BCUT2D eigenvalue weighted by Crippen LogP contribution is 2.31. The van der Waals surface area contributed by atoms with Gasteiger partial charge in [-0.3, -0.25) is 14.5 Å². The highest BCUT2D eigenvalue weighted by Gasteiger charge is 2.25. The monoisotopic (exact) mass is 662 g/mol. The number of amides is 2. The third-order valence-electron chi connectivity index (χ3n) is 7.85. The first-order chi connectivity index (χ1) is 22.2. The van der Waals surface area contributed by atoms with Crippen LogP contribution in [0.5, 0.6) is 0 Å². The maximum atomic E-state index is 13.4. The van der Waals surface area contributed by atoms with Crippen LogP contribution in [0.15, 0.2) is 71.6 Å². The molecule has 3 N–H and O–H groups in total. The van der Waals surface area contributed by atoms with Gasteiger partial charge in [-0.25, -0.2) is 4.79 Å². The lowest BCUT2D eigenvalue weighted by Gasteiger charge is -2.30. The van der Waals surface area contributed by atoms with Crippen molar-refractivity contribution in [1.29, 1.82) is 0 Å². The van der Waals surface area contributed by atoms with Crippen LogP contribution in [0, 0.1) is 12.8 Å². The van der Waals surface area contributed by atoms with Crippen LogP contribution in [0.1, 0.15) is 37.9 Å². The molecule has 0 saturated carbocycles. The van der Waals surface area contributed by atoms with Crippen molar-refractivity contribution in [3.05, 3.63) is 78.0 Å². The predicted octanol–water partition coefficient (Wildman–Crippen LogP) is 6.17. The van der Waals surface area contributed by atoms with Crippen molar-refractivity contribution >= 4 is 63.0 Å². The Labute approximate surface area is 280 Å². The summed E-state index contributed by atoms with van der Waals surface area (Å²) in [5, 5.41) is 9.55. The molecule has 46 heavy (non-hydrogen) atoms. The molecular formula is C36H46N4O4S2. The van der Waals surface area contributed by atoms with Crippen LogP contribution in [0.25, 0.3) is 21.7 Å². The van der Waals surface area contributed by atoms with Gasteiger partial charge in [0.15, 0.2) is 0 Å². The molecule has 4 rings (SSSR count). The fourth-order valence-corrected chi connectivity index (χ4v) is 7.26. The number of carbonyl (C=O) groups is 3. The number of hydrogen-bond donors (Lipinski definition) is 3. The van der Waals surface area contributed by atoms with E-state index in [0.717, 1.165) is 50.0 Å². The number of benzene rings is 3. The molecular weight excluding hydrogens is 617 g/mol. The summed E-state index contributed by atoms with van der Waals surface area (Å²) >= 11 is 3.15. The number of aryl methyl sites for hydroxylation is 1. The molecule has 4 aromatic rings. The molecule has 0 spiro atoms. The lowest BCUT2D eigenvalue weighted by atomic mass is 10.0. The minimum atomic E-state index is -0.708. The molecule has 0 aliphatic carbocycles. The van der Waals surface area contributed by atoms with E-state index in [1.54, 1.807) is 11.8 Å². The van der Waals surface area contributed by atoms with Crippen molar-refractivity contribution in [3.63, 3.8) is 0 Å². The van der Waals surface area contributed by atoms with Crippen molar-refractivity contribution in [1.82, 2.24) is 20.5 Å². The standard InChI is InChI=1S/C36H46N4O4S2/c1-24(2)19-28(38-34(42)23-46-35-25(3)37-31-16-9-8-15-30(31)35)21-40(20-27-13-10-12-26-11-6-7-14-29(26)27)22-33(41)39-32(17-18-45-5)36(43)44-4/h6-16,24,28,32,37H,17-23H2,1-5H3,(H,38,42)(H,39,41)/t28-,32-/m0/s1. The predicted molar refractivity (Wildman–Crippen MR) is 191 cm³/mol.